The lowest BCUT2D eigenvalue weighted by molar-refractivity contribution is -0.256. The van der Waals surface area contributed by atoms with Crippen LogP contribution in [0.25, 0.3) is 0 Å². The molecule has 0 aliphatic carbocycles. The number of amides is 1. The number of hydrogen-bond donors (Lipinski definition) is 1. The van der Waals surface area contributed by atoms with Crippen LogP contribution in [0, 0.1) is 0 Å². The molecule has 0 aromatic rings. The fourth-order valence-corrected chi connectivity index (χ4v) is 1.13. The minimum absolute atomic E-state index is 0.813. The largest absolute Gasteiger partial charge is 0.529 e. The molecule has 4 heteroatoms. The van der Waals surface area contributed by atoms with Gasteiger partial charge in [-0.2, -0.15) is 0 Å². The molecule has 0 unspecified atom stereocenters. The van der Waals surface area contributed by atoms with E-state index in [1.54, 1.807) is 5.01 Å². The van der Waals surface area contributed by atoms with Crippen LogP contribution in [-0.4, -0.2) is 24.2 Å². The van der Waals surface area contributed by atoms with Gasteiger partial charge in [-0.05, 0) is 12.8 Å². The smallest absolute Gasteiger partial charge is 0.149 e. The third-order valence-corrected chi connectivity index (χ3v) is 1.61. The number of hydrazine groups is 1. The average molecular weight is 143 g/mol. The summed E-state index contributed by atoms with van der Waals surface area (Å²) in [5, 5.41) is 11.7. The van der Waals surface area contributed by atoms with Crippen molar-refractivity contribution in [3.63, 3.8) is 0 Å². The number of carboxylic acid groups (broad SMARTS) is 1. The van der Waals surface area contributed by atoms with Crippen molar-refractivity contribution in [2.24, 2.45) is 0 Å². The van der Waals surface area contributed by atoms with Gasteiger partial charge < -0.3 is 15.3 Å². The van der Waals surface area contributed by atoms with Crippen molar-refractivity contribution in [3.8, 4) is 0 Å². The Morgan fingerprint density at radius 1 is 1.30 bits per heavy atom. The van der Waals surface area contributed by atoms with Crippen LogP contribution in [0.2, 0.25) is 0 Å². The highest BCUT2D eigenvalue weighted by Crippen LogP contribution is 2.04. The number of nitrogens with one attached hydrogen (secondary N) is 1. The Kier molecular flexibility index (Phi) is 2.50. The first-order valence-electron chi connectivity index (χ1n) is 3.51. The molecule has 1 N–H and O–H groups in total. The summed E-state index contributed by atoms with van der Waals surface area (Å²) in [5.41, 5.74) is 2.22. The molecule has 1 heterocycles. The van der Waals surface area contributed by atoms with Crippen LogP contribution < -0.4 is 10.5 Å². The molecule has 4 nitrogen and oxygen atoms in total. The highest BCUT2D eigenvalue weighted by molar-refractivity contribution is 5.61. The lowest BCUT2D eigenvalue weighted by Crippen LogP contribution is -2.50. The SMILES string of the molecule is O=C([O-])NN1CCCCC1. The van der Waals surface area contributed by atoms with Crippen molar-refractivity contribution in [1.29, 1.82) is 0 Å². The van der Waals surface area contributed by atoms with Crippen molar-refractivity contribution in [1.82, 2.24) is 10.4 Å². The normalized spacial score (nSPS) is 20.4. The van der Waals surface area contributed by atoms with E-state index in [-0.39, 0.29) is 0 Å². The molecule has 0 bridgehead atoms. The van der Waals surface area contributed by atoms with E-state index in [1.165, 1.54) is 6.42 Å². The molecule has 0 saturated carbocycles. The Morgan fingerprint density at radius 2 is 1.90 bits per heavy atom. The maximum atomic E-state index is 10.0. The quantitative estimate of drug-likeness (QED) is 0.529. The first kappa shape index (κ1) is 7.34. The van der Waals surface area contributed by atoms with Gasteiger partial charge in [0.1, 0.15) is 6.09 Å². The molecule has 0 atom stereocenters. The van der Waals surface area contributed by atoms with Crippen LogP contribution in [0.5, 0.6) is 0 Å². The third kappa shape index (κ3) is 2.23. The molecule has 1 aliphatic rings. The van der Waals surface area contributed by atoms with Gasteiger partial charge in [0, 0.05) is 13.1 Å². The Balaban J connectivity index is 2.19. The summed E-state index contributed by atoms with van der Waals surface area (Å²) in [5.74, 6) is 0. The summed E-state index contributed by atoms with van der Waals surface area (Å²) in [4.78, 5) is 10.0. The van der Waals surface area contributed by atoms with Crippen LogP contribution in [0.15, 0.2) is 0 Å². The van der Waals surface area contributed by atoms with Gasteiger partial charge in [0.15, 0.2) is 0 Å². The molecule has 0 spiro atoms. The highest BCUT2D eigenvalue weighted by Gasteiger charge is 2.07. The summed E-state index contributed by atoms with van der Waals surface area (Å²) >= 11 is 0. The van der Waals surface area contributed by atoms with Gasteiger partial charge in [-0.1, -0.05) is 6.42 Å². The molecular formula is C6H11N2O2-. The van der Waals surface area contributed by atoms with E-state index in [9.17, 15) is 9.90 Å². The lowest BCUT2D eigenvalue weighted by atomic mass is 10.2. The van der Waals surface area contributed by atoms with E-state index in [2.05, 4.69) is 5.43 Å². The van der Waals surface area contributed by atoms with Crippen LogP contribution in [0.3, 0.4) is 0 Å². The van der Waals surface area contributed by atoms with Crippen molar-refractivity contribution in [3.05, 3.63) is 0 Å². The number of nitrogens with zero attached hydrogens (tertiary/aromatic N) is 1. The predicted molar refractivity (Wildman–Crippen MR) is 34.0 cm³/mol. The fraction of sp³-hybridized carbons (Fsp3) is 0.833. The number of piperidine rings is 1. The summed E-state index contributed by atoms with van der Waals surface area (Å²) < 4.78 is 0. The highest BCUT2D eigenvalue weighted by atomic mass is 16.4. The second kappa shape index (κ2) is 3.41. The van der Waals surface area contributed by atoms with Crippen LogP contribution in [0.1, 0.15) is 19.3 Å². The van der Waals surface area contributed by atoms with E-state index < -0.39 is 6.09 Å². The van der Waals surface area contributed by atoms with E-state index in [0.29, 0.717) is 0 Å². The molecule has 1 rings (SSSR count). The Bertz CT molecular complexity index is 121. The number of rotatable bonds is 1. The first-order chi connectivity index (χ1) is 4.79. The fourth-order valence-electron chi connectivity index (χ4n) is 1.13. The monoisotopic (exact) mass is 143 g/mol. The molecule has 58 valence electrons. The molecule has 1 amide bonds. The summed E-state index contributed by atoms with van der Waals surface area (Å²) in [6.45, 7) is 1.63. The average Bonchev–Trinajstić information content (AvgIpc) is 1.88. The zero-order valence-electron chi connectivity index (χ0n) is 5.80. The van der Waals surface area contributed by atoms with Gasteiger partial charge >= 0.3 is 0 Å². The molecule has 10 heavy (non-hydrogen) atoms. The number of carbonyl (C=O) groups is 1. The van der Waals surface area contributed by atoms with Gasteiger partial charge in [-0.3, -0.25) is 0 Å². The first-order valence-corrected chi connectivity index (χ1v) is 3.51. The molecule has 0 radical (unpaired) electrons. The Labute approximate surface area is 59.8 Å². The van der Waals surface area contributed by atoms with Crippen LogP contribution in [0.4, 0.5) is 4.79 Å². The second-order valence-corrected chi connectivity index (χ2v) is 2.45. The molecule has 0 aromatic heterocycles. The topological polar surface area (TPSA) is 55.4 Å². The molecule has 1 fully saturated rings. The summed E-state index contributed by atoms with van der Waals surface area (Å²) in [7, 11) is 0. The van der Waals surface area contributed by atoms with Gasteiger partial charge in [0.2, 0.25) is 0 Å². The molecule has 1 aliphatic heterocycles. The van der Waals surface area contributed by atoms with E-state index in [4.69, 9.17) is 0 Å². The van der Waals surface area contributed by atoms with Crippen molar-refractivity contribution in [2.45, 2.75) is 19.3 Å². The second-order valence-electron chi connectivity index (χ2n) is 2.45. The van der Waals surface area contributed by atoms with Gasteiger partial charge in [0.05, 0.1) is 0 Å². The zero-order chi connectivity index (χ0) is 7.40. The van der Waals surface area contributed by atoms with Crippen molar-refractivity contribution < 1.29 is 9.90 Å². The Hall–Kier alpha value is -0.770. The maximum absolute atomic E-state index is 10.0. The van der Waals surface area contributed by atoms with E-state index in [0.717, 1.165) is 25.9 Å². The Morgan fingerprint density at radius 3 is 2.40 bits per heavy atom. The standard InChI is InChI=1S/C6H12N2O2/c9-6(10)7-8-4-2-1-3-5-8/h7H,1-5H2,(H,9,10)/p-1. The molecular weight excluding hydrogens is 132 g/mol. The summed E-state index contributed by atoms with van der Waals surface area (Å²) in [6, 6.07) is 0. The third-order valence-electron chi connectivity index (χ3n) is 1.61. The zero-order valence-corrected chi connectivity index (χ0v) is 5.80. The maximum Gasteiger partial charge on any atom is 0.149 e. The van der Waals surface area contributed by atoms with Gasteiger partial charge in [-0.15, -0.1) is 0 Å². The van der Waals surface area contributed by atoms with E-state index in [1.807, 2.05) is 0 Å². The van der Waals surface area contributed by atoms with E-state index >= 15 is 0 Å². The minimum Gasteiger partial charge on any atom is -0.529 e. The van der Waals surface area contributed by atoms with Crippen LogP contribution >= 0.6 is 0 Å². The van der Waals surface area contributed by atoms with Crippen LogP contribution in [-0.2, 0) is 0 Å². The lowest BCUT2D eigenvalue weighted by Gasteiger charge is -2.27. The van der Waals surface area contributed by atoms with Gasteiger partial charge in [0.25, 0.3) is 0 Å². The summed E-state index contributed by atoms with van der Waals surface area (Å²) in [6.07, 6.45) is 2.13. The molecule has 0 aromatic carbocycles. The minimum atomic E-state index is -1.21. The van der Waals surface area contributed by atoms with Gasteiger partial charge in [-0.25, -0.2) is 5.01 Å². The number of carbonyl (C=O) groups excluding carboxylic acids is 1. The predicted octanol–water partition coefficient (Wildman–Crippen LogP) is -0.680. The van der Waals surface area contributed by atoms with Crippen molar-refractivity contribution >= 4 is 6.09 Å². The number of hydrogen-bond acceptors (Lipinski definition) is 3. The molecule has 1 saturated heterocycles. The van der Waals surface area contributed by atoms with Crippen molar-refractivity contribution in [2.75, 3.05) is 13.1 Å².